The molecule has 0 radical (unpaired) electrons. The van der Waals surface area contributed by atoms with Crippen LogP contribution in [0.15, 0.2) is 12.3 Å². The Morgan fingerprint density at radius 3 is 2.77 bits per heavy atom. The summed E-state index contributed by atoms with van der Waals surface area (Å²) in [5, 5.41) is 0. The predicted octanol–water partition coefficient (Wildman–Crippen LogP) is 1.07. The Morgan fingerprint density at radius 2 is 2.15 bits per heavy atom. The molecular weight excluding hydrogens is 162 g/mol. The summed E-state index contributed by atoms with van der Waals surface area (Å²) in [7, 11) is 0. The Morgan fingerprint density at radius 1 is 1.38 bits per heavy atom. The lowest BCUT2D eigenvalue weighted by Crippen LogP contribution is -2.17. The zero-order chi connectivity index (χ0) is 9.10. The van der Waals surface area contributed by atoms with Crippen molar-refractivity contribution >= 4 is 0 Å². The van der Waals surface area contributed by atoms with Gasteiger partial charge in [-0.1, -0.05) is 0 Å². The van der Waals surface area contributed by atoms with E-state index in [1.807, 2.05) is 0 Å². The van der Waals surface area contributed by atoms with Gasteiger partial charge in [-0.25, -0.2) is 0 Å². The quantitative estimate of drug-likeness (QED) is 0.729. The highest BCUT2D eigenvalue weighted by atomic mass is 15.1. The molecule has 3 heteroatoms. The van der Waals surface area contributed by atoms with Crippen LogP contribution in [-0.4, -0.2) is 23.0 Å². The van der Waals surface area contributed by atoms with Gasteiger partial charge < -0.3 is 10.7 Å². The summed E-state index contributed by atoms with van der Waals surface area (Å²) in [6.07, 6.45) is 4.78. The number of nitrogens with zero attached hydrogens (tertiary/aromatic N) is 1. The summed E-state index contributed by atoms with van der Waals surface area (Å²) >= 11 is 0. The second-order valence-electron chi connectivity index (χ2n) is 3.72. The van der Waals surface area contributed by atoms with Crippen molar-refractivity contribution < 1.29 is 0 Å². The average molecular weight is 179 g/mol. The van der Waals surface area contributed by atoms with E-state index >= 15 is 0 Å². The van der Waals surface area contributed by atoms with E-state index in [2.05, 4.69) is 22.1 Å². The normalized spacial score (nSPS) is 18.2. The highest BCUT2D eigenvalue weighted by Gasteiger charge is 2.11. The zero-order valence-corrected chi connectivity index (χ0v) is 7.92. The molecule has 3 N–H and O–H groups in total. The summed E-state index contributed by atoms with van der Waals surface area (Å²) < 4.78 is 0. The predicted molar refractivity (Wildman–Crippen MR) is 53.2 cm³/mol. The molecule has 1 aliphatic heterocycles. The second kappa shape index (κ2) is 3.94. The number of nitrogens with two attached hydrogens (primary N) is 1. The Kier molecular flexibility index (Phi) is 2.66. The summed E-state index contributed by atoms with van der Waals surface area (Å²) in [6, 6.07) is 2.16. The monoisotopic (exact) mass is 179 g/mol. The molecule has 1 aliphatic rings. The minimum Gasteiger partial charge on any atom is -0.364 e. The molecule has 3 nitrogen and oxygen atoms in total. The standard InChI is InChI=1S/C10H17N3/c11-6-10-5-9(7-12-10)8-13-3-1-2-4-13/h5,7,12H,1-4,6,8,11H2. The fourth-order valence-corrected chi connectivity index (χ4v) is 1.90. The van der Waals surface area contributed by atoms with Crippen LogP contribution in [0, 0.1) is 0 Å². The molecule has 1 fully saturated rings. The third kappa shape index (κ3) is 2.11. The van der Waals surface area contributed by atoms with Crippen molar-refractivity contribution in [1.82, 2.24) is 9.88 Å². The lowest BCUT2D eigenvalue weighted by molar-refractivity contribution is 0.331. The van der Waals surface area contributed by atoms with Crippen LogP contribution in [-0.2, 0) is 13.1 Å². The molecule has 0 aliphatic carbocycles. The van der Waals surface area contributed by atoms with Gasteiger partial charge in [0.1, 0.15) is 0 Å². The number of rotatable bonds is 3. The molecule has 0 aromatic carbocycles. The Labute approximate surface area is 78.9 Å². The van der Waals surface area contributed by atoms with Crippen LogP contribution >= 0.6 is 0 Å². The average Bonchev–Trinajstić information content (AvgIpc) is 2.76. The largest absolute Gasteiger partial charge is 0.364 e. The van der Waals surface area contributed by atoms with Gasteiger partial charge in [-0.15, -0.1) is 0 Å². The van der Waals surface area contributed by atoms with Crippen molar-refractivity contribution in [2.45, 2.75) is 25.9 Å². The number of likely N-dealkylation sites (tertiary alicyclic amines) is 1. The first kappa shape index (κ1) is 8.78. The maximum absolute atomic E-state index is 5.53. The highest BCUT2D eigenvalue weighted by molar-refractivity contribution is 5.16. The van der Waals surface area contributed by atoms with E-state index in [-0.39, 0.29) is 0 Å². The summed E-state index contributed by atoms with van der Waals surface area (Å²) in [6.45, 7) is 4.20. The van der Waals surface area contributed by atoms with Crippen molar-refractivity contribution in [3.8, 4) is 0 Å². The van der Waals surface area contributed by atoms with Crippen molar-refractivity contribution in [2.75, 3.05) is 13.1 Å². The van der Waals surface area contributed by atoms with Gasteiger partial charge in [0.05, 0.1) is 0 Å². The van der Waals surface area contributed by atoms with Crippen LogP contribution in [0.3, 0.4) is 0 Å². The first-order chi connectivity index (χ1) is 6.38. The smallest absolute Gasteiger partial charge is 0.0332 e. The topological polar surface area (TPSA) is 45.0 Å². The van der Waals surface area contributed by atoms with Gasteiger partial charge in [-0.3, -0.25) is 4.90 Å². The van der Waals surface area contributed by atoms with Gasteiger partial charge >= 0.3 is 0 Å². The maximum Gasteiger partial charge on any atom is 0.0332 e. The SMILES string of the molecule is NCc1cc(CN2CCCC2)c[nH]1. The van der Waals surface area contributed by atoms with Crippen molar-refractivity contribution in [1.29, 1.82) is 0 Å². The van der Waals surface area contributed by atoms with E-state index in [1.54, 1.807) is 0 Å². The summed E-state index contributed by atoms with van der Waals surface area (Å²) in [5.41, 5.74) is 8.02. The molecule has 0 amide bonds. The number of hydrogen-bond donors (Lipinski definition) is 2. The van der Waals surface area contributed by atoms with Crippen LogP contribution in [0.2, 0.25) is 0 Å². The third-order valence-electron chi connectivity index (χ3n) is 2.63. The van der Waals surface area contributed by atoms with Gasteiger partial charge in [0.2, 0.25) is 0 Å². The van der Waals surface area contributed by atoms with Gasteiger partial charge in [0.15, 0.2) is 0 Å². The molecule has 2 rings (SSSR count). The Balaban J connectivity index is 1.92. The van der Waals surface area contributed by atoms with Crippen LogP contribution in [0.1, 0.15) is 24.1 Å². The van der Waals surface area contributed by atoms with E-state index in [9.17, 15) is 0 Å². The number of aromatic nitrogens is 1. The minimum absolute atomic E-state index is 0.611. The summed E-state index contributed by atoms with van der Waals surface area (Å²) in [5.74, 6) is 0. The molecule has 1 aromatic rings. The van der Waals surface area contributed by atoms with Crippen molar-refractivity contribution in [3.05, 3.63) is 23.5 Å². The number of nitrogens with one attached hydrogen (secondary N) is 1. The molecule has 13 heavy (non-hydrogen) atoms. The van der Waals surface area contributed by atoms with Gasteiger partial charge in [0.25, 0.3) is 0 Å². The van der Waals surface area contributed by atoms with E-state index in [4.69, 9.17) is 5.73 Å². The lowest BCUT2D eigenvalue weighted by atomic mass is 10.3. The number of H-pyrrole nitrogens is 1. The number of aromatic amines is 1. The summed E-state index contributed by atoms with van der Waals surface area (Å²) in [4.78, 5) is 5.67. The number of hydrogen-bond acceptors (Lipinski definition) is 2. The van der Waals surface area contributed by atoms with Crippen LogP contribution < -0.4 is 5.73 Å². The molecular formula is C10H17N3. The van der Waals surface area contributed by atoms with Gasteiger partial charge in [-0.2, -0.15) is 0 Å². The first-order valence-corrected chi connectivity index (χ1v) is 4.97. The van der Waals surface area contributed by atoms with Gasteiger partial charge in [0, 0.05) is 25.0 Å². The van der Waals surface area contributed by atoms with E-state index in [1.165, 1.54) is 31.5 Å². The van der Waals surface area contributed by atoms with Crippen LogP contribution in [0.5, 0.6) is 0 Å². The fourth-order valence-electron chi connectivity index (χ4n) is 1.90. The molecule has 0 bridgehead atoms. The molecule has 2 heterocycles. The molecule has 72 valence electrons. The Bertz CT molecular complexity index is 261. The minimum atomic E-state index is 0.611. The van der Waals surface area contributed by atoms with E-state index in [0.29, 0.717) is 6.54 Å². The zero-order valence-electron chi connectivity index (χ0n) is 7.92. The first-order valence-electron chi connectivity index (χ1n) is 4.97. The molecule has 1 aromatic heterocycles. The van der Waals surface area contributed by atoms with Gasteiger partial charge in [-0.05, 0) is 37.6 Å². The Hall–Kier alpha value is -0.800. The molecule has 0 atom stereocenters. The molecule has 1 saturated heterocycles. The maximum atomic E-state index is 5.53. The fraction of sp³-hybridized carbons (Fsp3) is 0.600. The van der Waals surface area contributed by atoms with Crippen LogP contribution in [0.25, 0.3) is 0 Å². The van der Waals surface area contributed by atoms with Crippen molar-refractivity contribution in [3.63, 3.8) is 0 Å². The lowest BCUT2D eigenvalue weighted by Gasteiger charge is -2.12. The van der Waals surface area contributed by atoms with E-state index in [0.717, 1.165) is 12.2 Å². The van der Waals surface area contributed by atoms with Crippen molar-refractivity contribution in [2.24, 2.45) is 5.73 Å². The third-order valence-corrected chi connectivity index (χ3v) is 2.63. The highest BCUT2D eigenvalue weighted by Crippen LogP contribution is 2.12. The molecule has 0 saturated carbocycles. The molecule has 0 spiro atoms. The second-order valence-corrected chi connectivity index (χ2v) is 3.72. The van der Waals surface area contributed by atoms with Crippen LogP contribution in [0.4, 0.5) is 0 Å². The molecule has 0 unspecified atom stereocenters. The van der Waals surface area contributed by atoms with E-state index < -0.39 is 0 Å².